The zero-order valence-corrected chi connectivity index (χ0v) is 7.86. The molecule has 0 atom stereocenters. The fraction of sp³-hybridized carbons (Fsp3) is 0.286. The molecule has 1 heterocycles. The maximum atomic E-state index is 10.9. The summed E-state index contributed by atoms with van der Waals surface area (Å²) < 4.78 is 5.75. The molecule has 0 saturated carbocycles. The lowest BCUT2D eigenvalue weighted by atomic mass is 10.3. The Labute approximate surface area is 72.9 Å². The molecule has 3 nitrogen and oxygen atoms in total. The van der Waals surface area contributed by atoms with E-state index in [9.17, 15) is 4.79 Å². The number of nitrogens with one attached hydrogen (secondary N) is 1. The Morgan fingerprint density at radius 3 is 2.73 bits per heavy atom. The highest BCUT2D eigenvalue weighted by atomic mass is 79.9. The maximum Gasteiger partial charge on any atom is 0.179 e. The number of carbonyl (C=O) groups is 1. The highest BCUT2D eigenvalue weighted by molar-refractivity contribution is 9.10. The van der Waals surface area contributed by atoms with E-state index in [1.54, 1.807) is 6.20 Å². The number of H-pyrrole nitrogens is 1. The summed E-state index contributed by atoms with van der Waals surface area (Å²) in [7, 11) is 1.53. The highest BCUT2D eigenvalue weighted by Gasteiger charge is 2.12. The molecule has 0 aliphatic carbocycles. The van der Waals surface area contributed by atoms with Crippen molar-refractivity contribution in [2.45, 2.75) is 6.92 Å². The van der Waals surface area contributed by atoms with Gasteiger partial charge < -0.3 is 9.72 Å². The van der Waals surface area contributed by atoms with Crippen LogP contribution in [0.3, 0.4) is 0 Å². The van der Waals surface area contributed by atoms with Crippen LogP contribution in [0, 0.1) is 0 Å². The zero-order chi connectivity index (χ0) is 8.43. The van der Waals surface area contributed by atoms with Gasteiger partial charge in [0.25, 0.3) is 0 Å². The van der Waals surface area contributed by atoms with Crippen molar-refractivity contribution in [3.8, 4) is 5.75 Å². The number of Topliss-reactive ketones (excluding diaryl/α,β-unsaturated/α-hetero) is 1. The smallest absolute Gasteiger partial charge is 0.179 e. The van der Waals surface area contributed by atoms with E-state index in [0.717, 1.165) is 4.47 Å². The SMILES string of the molecule is COc1c(Br)c[nH]c1C(C)=O. The number of aromatic amines is 1. The fourth-order valence-corrected chi connectivity index (χ4v) is 1.32. The third kappa shape index (κ3) is 1.45. The molecule has 0 aliphatic rings. The molecule has 0 aliphatic heterocycles. The molecule has 0 bridgehead atoms. The van der Waals surface area contributed by atoms with Gasteiger partial charge in [0, 0.05) is 13.1 Å². The molecule has 0 spiro atoms. The van der Waals surface area contributed by atoms with E-state index < -0.39 is 0 Å². The summed E-state index contributed by atoms with van der Waals surface area (Å²) in [5, 5.41) is 0. The molecular weight excluding hydrogens is 210 g/mol. The number of rotatable bonds is 2. The average molecular weight is 218 g/mol. The monoisotopic (exact) mass is 217 g/mol. The van der Waals surface area contributed by atoms with Crippen molar-refractivity contribution in [1.29, 1.82) is 0 Å². The average Bonchev–Trinajstić information content (AvgIpc) is 2.30. The quantitative estimate of drug-likeness (QED) is 0.771. The van der Waals surface area contributed by atoms with Gasteiger partial charge >= 0.3 is 0 Å². The van der Waals surface area contributed by atoms with Crippen LogP contribution in [0.4, 0.5) is 0 Å². The first-order valence-corrected chi connectivity index (χ1v) is 3.88. The van der Waals surface area contributed by atoms with Crippen LogP contribution in [0.5, 0.6) is 5.75 Å². The van der Waals surface area contributed by atoms with Gasteiger partial charge in [-0.1, -0.05) is 0 Å². The van der Waals surface area contributed by atoms with Crippen molar-refractivity contribution in [3.05, 3.63) is 16.4 Å². The molecule has 60 valence electrons. The summed E-state index contributed by atoms with van der Waals surface area (Å²) in [6.07, 6.45) is 1.68. The first-order valence-electron chi connectivity index (χ1n) is 3.08. The van der Waals surface area contributed by atoms with Crippen LogP contribution >= 0.6 is 15.9 Å². The topological polar surface area (TPSA) is 42.1 Å². The first kappa shape index (κ1) is 8.33. The van der Waals surface area contributed by atoms with E-state index in [0.29, 0.717) is 11.4 Å². The normalized spacial score (nSPS) is 9.73. The van der Waals surface area contributed by atoms with Crippen molar-refractivity contribution in [2.24, 2.45) is 0 Å². The lowest BCUT2D eigenvalue weighted by molar-refractivity contribution is 0.101. The number of hydrogen-bond acceptors (Lipinski definition) is 2. The molecule has 0 radical (unpaired) electrons. The van der Waals surface area contributed by atoms with Gasteiger partial charge in [0.2, 0.25) is 0 Å². The van der Waals surface area contributed by atoms with Crippen molar-refractivity contribution in [2.75, 3.05) is 7.11 Å². The Bertz CT molecular complexity index is 280. The molecule has 0 saturated heterocycles. The standard InChI is InChI=1S/C7H8BrNO2/c1-4(10)6-7(11-2)5(8)3-9-6/h3,9H,1-2H3. The Morgan fingerprint density at radius 1 is 1.73 bits per heavy atom. The maximum absolute atomic E-state index is 10.9. The van der Waals surface area contributed by atoms with Gasteiger partial charge in [-0.05, 0) is 15.9 Å². The number of aromatic nitrogens is 1. The van der Waals surface area contributed by atoms with E-state index >= 15 is 0 Å². The van der Waals surface area contributed by atoms with Crippen LogP contribution in [0.25, 0.3) is 0 Å². The van der Waals surface area contributed by atoms with Gasteiger partial charge in [-0.15, -0.1) is 0 Å². The summed E-state index contributed by atoms with van der Waals surface area (Å²) in [6.45, 7) is 1.49. The van der Waals surface area contributed by atoms with Crippen molar-refractivity contribution < 1.29 is 9.53 Å². The lowest BCUT2D eigenvalue weighted by Crippen LogP contribution is -1.95. The molecule has 1 N–H and O–H groups in total. The first-order chi connectivity index (χ1) is 5.16. The molecule has 1 aromatic rings. The van der Waals surface area contributed by atoms with Crippen LogP contribution in [0.15, 0.2) is 10.7 Å². The summed E-state index contributed by atoms with van der Waals surface area (Å²) in [6, 6.07) is 0. The largest absolute Gasteiger partial charge is 0.493 e. The Hall–Kier alpha value is -0.770. The number of methoxy groups -OCH3 is 1. The fourth-order valence-electron chi connectivity index (χ4n) is 0.847. The number of carbonyl (C=O) groups excluding carboxylic acids is 1. The molecule has 1 aromatic heterocycles. The molecule has 4 heteroatoms. The lowest BCUT2D eigenvalue weighted by Gasteiger charge is -1.98. The summed E-state index contributed by atoms with van der Waals surface area (Å²) in [5.41, 5.74) is 0.499. The third-order valence-electron chi connectivity index (χ3n) is 1.34. The summed E-state index contributed by atoms with van der Waals surface area (Å²) in [5.74, 6) is 0.532. The minimum Gasteiger partial charge on any atom is -0.493 e. The second-order valence-electron chi connectivity index (χ2n) is 2.10. The van der Waals surface area contributed by atoms with Crippen LogP contribution in [-0.2, 0) is 0 Å². The van der Waals surface area contributed by atoms with E-state index in [1.165, 1.54) is 14.0 Å². The van der Waals surface area contributed by atoms with Gasteiger partial charge in [-0.2, -0.15) is 0 Å². The molecular formula is C7H8BrNO2. The molecule has 0 amide bonds. The minimum atomic E-state index is -0.0347. The van der Waals surface area contributed by atoms with Crippen molar-refractivity contribution >= 4 is 21.7 Å². The number of halogens is 1. The molecule has 0 unspecified atom stereocenters. The van der Waals surface area contributed by atoms with E-state index in [1.807, 2.05) is 0 Å². The van der Waals surface area contributed by atoms with E-state index in [4.69, 9.17) is 4.74 Å². The Balaban J connectivity index is 3.15. The summed E-state index contributed by atoms with van der Waals surface area (Å²) >= 11 is 3.24. The predicted molar refractivity (Wildman–Crippen MR) is 45.0 cm³/mol. The Morgan fingerprint density at radius 2 is 2.36 bits per heavy atom. The number of ketones is 1. The van der Waals surface area contributed by atoms with Gasteiger partial charge in [-0.3, -0.25) is 4.79 Å². The molecule has 0 fully saturated rings. The Kier molecular flexibility index (Phi) is 2.34. The van der Waals surface area contributed by atoms with Crippen LogP contribution in [0.2, 0.25) is 0 Å². The van der Waals surface area contributed by atoms with E-state index in [-0.39, 0.29) is 5.78 Å². The second-order valence-corrected chi connectivity index (χ2v) is 2.96. The highest BCUT2D eigenvalue weighted by Crippen LogP contribution is 2.28. The van der Waals surface area contributed by atoms with E-state index in [2.05, 4.69) is 20.9 Å². The second kappa shape index (κ2) is 3.09. The van der Waals surface area contributed by atoms with Crippen molar-refractivity contribution in [3.63, 3.8) is 0 Å². The van der Waals surface area contributed by atoms with Gasteiger partial charge in [-0.25, -0.2) is 0 Å². The van der Waals surface area contributed by atoms with Gasteiger partial charge in [0.1, 0.15) is 5.69 Å². The van der Waals surface area contributed by atoms with Gasteiger partial charge in [0.15, 0.2) is 11.5 Å². The third-order valence-corrected chi connectivity index (χ3v) is 1.93. The van der Waals surface area contributed by atoms with Crippen LogP contribution in [-0.4, -0.2) is 17.9 Å². The number of ether oxygens (including phenoxy) is 1. The predicted octanol–water partition coefficient (Wildman–Crippen LogP) is 1.99. The molecule has 11 heavy (non-hydrogen) atoms. The molecule has 1 rings (SSSR count). The zero-order valence-electron chi connectivity index (χ0n) is 6.27. The summed E-state index contributed by atoms with van der Waals surface area (Å²) in [4.78, 5) is 13.7. The molecule has 0 aromatic carbocycles. The minimum absolute atomic E-state index is 0.0347. The van der Waals surface area contributed by atoms with Crippen molar-refractivity contribution in [1.82, 2.24) is 4.98 Å². The van der Waals surface area contributed by atoms with Gasteiger partial charge in [0.05, 0.1) is 11.6 Å². The van der Waals surface area contributed by atoms with Crippen LogP contribution < -0.4 is 4.74 Å². The van der Waals surface area contributed by atoms with Crippen LogP contribution in [0.1, 0.15) is 17.4 Å². The number of hydrogen-bond donors (Lipinski definition) is 1.